The molecule has 0 saturated carbocycles. The van der Waals surface area contributed by atoms with Crippen LogP contribution in [0, 0.1) is 5.92 Å². The van der Waals surface area contributed by atoms with Crippen molar-refractivity contribution in [3.05, 3.63) is 0 Å². The van der Waals surface area contributed by atoms with Crippen molar-refractivity contribution in [1.82, 2.24) is 9.80 Å². The van der Waals surface area contributed by atoms with Crippen molar-refractivity contribution < 1.29 is 9.47 Å². The number of likely N-dealkylation sites (N-methyl/N-ethyl adjacent to an activating group) is 2. The molecule has 0 aromatic rings. The summed E-state index contributed by atoms with van der Waals surface area (Å²) in [5.41, 5.74) is 6.76. The Labute approximate surface area is 128 Å². The lowest BCUT2D eigenvalue weighted by molar-refractivity contribution is -0.151. The van der Waals surface area contributed by atoms with Gasteiger partial charge in [0.25, 0.3) is 0 Å². The summed E-state index contributed by atoms with van der Waals surface area (Å²) < 4.78 is 11.7. The molecule has 5 nitrogen and oxygen atoms in total. The number of nitrogens with zero attached hydrogens (tertiary/aromatic N) is 2. The van der Waals surface area contributed by atoms with E-state index in [0.29, 0.717) is 12.0 Å². The molecule has 3 fully saturated rings. The average molecular weight is 297 g/mol. The predicted octanol–water partition coefficient (Wildman–Crippen LogP) is 0.535. The monoisotopic (exact) mass is 297 g/mol. The van der Waals surface area contributed by atoms with E-state index in [1.54, 1.807) is 0 Å². The van der Waals surface area contributed by atoms with E-state index in [4.69, 9.17) is 15.2 Å². The van der Waals surface area contributed by atoms with Gasteiger partial charge in [-0.2, -0.15) is 0 Å². The molecule has 3 heterocycles. The summed E-state index contributed by atoms with van der Waals surface area (Å²) in [5.74, 6) is 0.579. The van der Waals surface area contributed by atoms with Crippen LogP contribution in [0.15, 0.2) is 0 Å². The van der Waals surface area contributed by atoms with E-state index in [2.05, 4.69) is 23.9 Å². The van der Waals surface area contributed by atoms with Crippen LogP contribution in [0.1, 0.15) is 25.7 Å². The van der Waals surface area contributed by atoms with E-state index in [0.717, 1.165) is 65.1 Å². The Morgan fingerprint density at radius 3 is 2.67 bits per heavy atom. The van der Waals surface area contributed by atoms with E-state index in [9.17, 15) is 0 Å². The van der Waals surface area contributed by atoms with Gasteiger partial charge in [0, 0.05) is 51.5 Å². The zero-order valence-electron chi connectivity index (χ0n) is 13.6. The lowest BCUT2D eigenvalue weighted by atomic mass is 9.76. The van der Waals surface area contributed by atoms with Crippen LogP contribution < -0.4 is 5.73 Å². The fourth-order valence-electron chi connectivity index (χ4n) is 4.26. The molecule has 1 spiro atoms. The SMILES string of the molecule is CN1CCN(C)C(C(N)C2CCOC3(CCOCC3)C2)C1. The van der Waals surface area contributed by atoms with Crippen molar-refractivity contribution in [2.24, 2.45) is 11.7 Å². The Morgan fingerprint density at radius 1 is 1.14 bits per heavy atom. The maximum Gasteiger partial charge on any atom is 0.0729 e. The van der Waals surface area contributed by atoms with Gasteiger partial charge in [0.1, 0.15) is 0 Å². The van der Waals surface area contributed by atoms with Gasteiger partial charge in [0.15, 0.2) is 0 Å². The number of hydrogen-bond acceptors (Lipinski definition) is 5. The zero-order valence-corrected chi connectivity index (χ0v) is 13.6. The van der Waals surface area contributed by atoms with E-state index < -0.39 is 0 Å². The first-order valence-corrected chi connectivity index (χ1v) is 8.46. The number of rotatable bonds is 2. The summed E-state index contributed by atoms with van der Waals surface area (Å²) in [6, 6.07) is 0.727. The van der Waals surface area contributed by atoms with Crippen molar-refractivity contribution >= 4 is 0 Å². The van der Waals surface area contributed by atoms with Gasteiger partial charge in [0.05, 0.1) is 5.60 Å². The smallest absolute Gasteiger partial charge is 0.0729 e. The summed E-state index contributed by atoms with van der Waals surface area (Å²) in [7, 11) is 4.43. The van der Waals surface area contributed by atoms with Gasteiger partial charge in [-0.3, -0.25) is 4.90 Å². The van der Waals surface area contributed by atoms with Crippen LogP contribution in [0.3, 0.4) is 0 Å². The maximum atomic E-state index is 6.71. The van der Waals surface area contributed by atoms with Crippen molar-refractivity contribution in [2.45, 2.75) is 43.4 Å². The molecule has 3 aliphatic heterocycles. The molecule has 0 amide bonds. The second-order valence-corrected chi connectivity index (χ2v) is 7.28. The van der Waals surface area contributed by atoms with Gasteiger partial charge >= 0.3 is 0 Å². The normalized spacial score (nSPS) is 36.7. The van der Waals surface area contributed by atoms with Crippen LogP contribution in [-0.2, 0) is 9.47 Å². The fourth-order valence-corrected chi connectivity index (χ4v) is 4.26. The second kappa shape index (κ2) is 6.50. The molecule has 0 bridgehead atoms. The molecule has 122 valence electrons. The molecule has 21 heavy (non-hydrogen) atoms. The standard InChI is InChI=1S/C16H31N3O2/c1-18-6-7-19(2)14(12-18)15(17)13-3-8-21-16(11-13)4-9-20-10-5-16/h13-15H,3-12,17H2,1-2H3. The molecule has 0 aromatic heterocycles. The van der Waals surface area contributed by atoms with E-state index in [1.807, 2.05) is 0 Å². The Kier molecular flexibility index (Phi) is 4.86. The van der Waals surface area contributed by atoms with Gasteiger partial charge in [-0.15, -0.1) is 0 Å². The molecule has 3 rings (SSSR count). The number of ether oxygens (including phenoxy) is 2. The minimum absolute atomic E-state index is 0.0535. The highest BCUT2D eigenvalue weighted by molar-refractivity contribution is 4.97. The van der Waals surface area contributed by atoms with Crippen LogP contribution in [-0.4, -0.2) is 81.0 Å². The fraction of sp³-hybridized carbons (Fsp3) is 1.00. The van der Waals surface area contributed by atoms with Gasteiger partial charge < -0.3 is 20.1 Å². The summed E-state index contributed by atoms with van der Waals surface area (Å²) >= 11 is 0. The molecule has 2 N–H and O–H groups in total. The summed E-state index contributed by atoms with van der Waals surface area (Å²) in [5, 5.41) is 0. The Balaban J connectivity index is 1.64. The van der Waals surface area contributed by atoms with E-state index in [1.165, 1.54) is 0 Å². The van der Waals surface area contributed by atoms with Crippen LogP contribution >= 0.6 is 0 Å². The predicted molar refractivity (Wildman–Crippen MR) is 83.4 cm³/mol. The van der Waals surface area contributed by atoms with Gasteiger partial charge in [-0.05, 0) is 45.7 Å². The van der Waals surface area contributed by atoms with Crippen LogP contribution in [0.4, 0.5) is 0 Å². The first-order chi connectivity index (χ1) is 10.1. The van der Waals surface area contributed by atoms with Gasteiger partial charge in [-0.25, -0.2) is 0 Å². The minimum atomic E-state index is 0.0535. The summed E-state index contributed by atoms with van der Waals surface area (Å²) in [6.07, 6.45) is 4.30. The topological polar surface area (TPSA) is 51.0 Å². The largest absolute Gasteiger partial charge is 0.381 e. The zero-order chi connectivity index (χ0) is 14.9. The quantitative estimate of drug-likeness (QED) is 0.806. The van der Waals surface area contributed by atoms with Crippen LogP contribution in [0.2, 0.25) is 0 Å². The number of hydrogen-bond donors (Lipinski definition) is 1. The molecule has 0 aliphatic carbocycles. The third-order valence-electron chi connectivity index (χ3n) is 5.82. The second-order valence-electron chi connectivity index (χ2n) is 7.28. The summed E-state index contributed by atoms with van der Waals surface area (Å²) in [4.78, 5) is 4.87. The van der Waals surface area contributed by atoms with Gasteiger partial charge in [0.2, 0.25) is 0 Å². The third kappa shape index (κ3) is 3.42. The molecular weight excluding hydrogens is 266 g/mol. The minimum Gasteiger partial charge on any atom is -0.381 e. The highest BCUT2D eigenvalue weighted by atomic mass is 16.5. The number of nitrogens with two attached hydrogens (primary N) is 1. The number of piperazine rings is 1. The maximum absolute atomic E-state index is 6.71. The third-order valence-corrected chi connectivity index (χ3v) is 5.82. The Hall–Kier alpha value is -0.200. The molecule has 0 radical (unpaired) electrons. The lowest BCUT2D eigenvalue weighted by Gasteiger charge is -2.48. The molecule has 3 atom stereocenters. The Bertz CT molecular complexity index is 341. The highest BCUT2D eigenvalue weighted by Crippen LogP contribution is 2.38. The molecule has 3 unspecified atom stereocenters. The van der Waals surface area contributed by atoms with Crippen molar-refractivity contribution in [1.29, 1.82) is 0 Å². The van der Waals surface area contributed by atoms with Crippen molar-refractivity contribution in [2.75, 3.05) is 53.6 Å². The molecule has 3 aliphatic rings. The first-order valence-electron chi connectivity index (χ1n) is 8.46. The van der Waals surface area contributed by atoms with E-state index in [-0.39, 0.29) is 11.6 Å². The van der Waals surface area contributed by atoms with Crippen LogP contribution in [0.25, 0.3) is 0 Å². The first kappa shape index (κ1) is 15.7. The Morgan fingerprint density at radius 2 is 1.90 bits per heavy atom. The molecule has 0 aromatic carbocycles. The highest BCUT2D eigenvalue weighted by Gasteiger charge is 2.43. The van der Waals surface area contributed by atoms with Gasteiger partial charge in [-0.1, -0.05) is 0 Å². The van der Waals surface area contributed by atoms with E-state index >= 15 is 0 Å². The van der Waals surface area contributed by atoms with Crippen molar-refractivity contribution in [3.8, 4) is 0 Å². The summed E-state index contributed by atoms with van der Waals surface area (Å²) in [6.45, 7) is 5.91. The molecule has 3 saturated heterocycles. The van der Waals surface area contributed by atoms with Crippen LogP contribution in [0.5, 0.6) is 0 Å². The lowest BCUT2D eigenvalue weighted by Crippen LogP contribution is -2.61. The molecular formula is C16H31N3O2. The average Bonchev–Trinajstić information content (AvgIpc) is 2.50. The van der Waals surface area contributed by atoms with Crippen molar-refractivity contribution in [3.63, 3.8) is 0 Å². The molecule has 5 heteroatoms.